The molecular formula is C9H4Cl2F10N2O. The van der Waals surface area contributed by atoms with Crippen molar-refractivity contribution >= 4 is 23.2 Å². The molecule has 0 saturated heterocycles. The fourth-order valence-corrected chi connectivity index (χ4v) is 1.42. The lowest BCUT2D eigenvalue weighted by atomic mass is 10.2. The molecule has 0 aromatic carbocycles. The molecule has 0 radical (unpaired) electrons. The van der Waals surface area contributed by atoms with E-state index in [4.69, 9.17) is 0 Å². The topological polar surface area (TPSA) is 27.1 Å². The van der Waals surface area contributed by atoms with Gasteiger partial charge >= 0.3 is 28.6 Å². The summed E-state index contributed by atoms with van der Waals surface area (Å²) in [4.78, 5) is 3.02. The molecular weight excluding hydrogens is 413 g/mol. The minimum atomic E-state index is -6.71. The molecule has 1 aromatic heterocycles. The molecule has 2 atom stereocenters. The third kappa shape index (κ3) is 3.38. The van der Waals surface area contributed by atoms with Crippen LogP contribution < -0.4 is 0 Å². The van der Waals surface area contributed by atoms with Crippen LogP contribution in [0.2, 0.25) is 0 Å². The zero-order valence-corrected chi connectivity index (χ0v) is 12.2. The standard InChI is InChI=1S/C9H4Cl2F10N2O/c10-6(15,8(11,18)19)7(16,17)9(20,21)24-4(12)5(13,14)23-2-1-22-3-23/h1-4H. The number of aromatic nitrogens is 2. The molecule has 140 valence electrons. The highest BCUT2D eigenvalue weighted by Crippen LogP contribution is 2.56. The van der Waals surface area contributed by atoms with E-state index in [0.717, 1.165) is 0 Å². The molecule has 0 fully saturated rings. The first kappa shape index (κ1) is 21.1. The van der Waals surface area contributed by atoms with Crippen LogP contribution in [-0.2, 0) is 10.8 Å². The first-order chi connectivity index (χ1) is 10.5. The lowest BCUT2D eigenvalue weighted by Gasteiger charge is -2.36. The molecule has 0 saturated carbocycles. The van der Waals surface area contributed by atoms with Gasteiger partial charge in [0.05, 0.1) is 6.33 Å². The Labute approximate surface area is 136 Å². The molecule has 2 unspecified atom stereocenters. The number of ether oxygens (including phenoxy) is 1. The molecule has 0 amide bonds. The molecule has 1 aromatic rings. The maximum Gasteiger partial charge on any atom is 0.427 e. The van der Waals surface area contributed by atoms with Gasteiger partial charge in [-0.05, 0) is 11.6 Å². The average Bonchev–Trinajstić information content (AvgIpc) is 2.90. The second-order valence-electron chi connectivity index (χ2n) is 4.15. The second kappa shape index (κ2) is 6.09. The summed E-state index contributed by atoms with van der Waals surface area (Å²) in [5.74, 6) is -6.71. The zero-order chi connectivity index (χ0) is 19.2. The SMILES string of the molecule is FC(OC(F)(F)C(F)(F)C(F)(Cl)C(F)(F)Cl)C(F)(F)n1ccnc1. The van der Waals surface area contributed by atoms with E-state index in [-0.39, 0.29) is 6.33 Å². The van der Waals surface area contributed by atoms with Gasteiger partial charge in [0.1, 0.15) is 0 Å². The fourth-order valence-electron chi connectivity index (χ4n) is 1.19. The van der Waals surface area contributed by atoms with Gasteiger partial charge in [0.25, 0.3) is 6.36 Å². The van der Waals surface area contributed by atoms with E-state index in [9.17, 15) is 43.9 Å². The van der Waals surface area contributed by atoms with Crippen molar-refractivity contribution in [2.45, 2.75) is 34.9 Å². The van der Waals surface area contributed by atoms with Gasteiger partial charge in [0, 0.05) is 12.4 Å². The van der Waals surface area contributed by atoms with E-state index in [1.54, 1.807) is 0 Å². The predicted octanol–water partition coefficient (Wildman–Crippen LogP) is 4.71. The molecule has 1 rings (SSSR count). The summed E-state index contributed by atoms with van der Waals surface area (Å²) in [5.41, 5.74) is 0. The number of nitrogens with zero attached hydrogens (tertiary/aromatic N) is 2. The summed E-state index contributed by atoms with van der Waals surface area (Å²) in [5, 5.41) is -11.8. The summed E-state index contributed by atoms with van der Waals surface area (Å²) in [7, 11) is 0. The Morgan fingerprint density at radius 1 is 0.958 bits per heavy atom. The molecule has 15 heteroatoms. The Morgan fingerprint density at radius 3 is 1.83 bits per heavy atom. The molecule has 24 heavy (non-hydrogen) atoms. The Balaban J connectivity index is 3.12. The third-order valence-electron chi connectivity index (χ3n) is 2.49. The van der Waals surface area contributed by atoms with E-state index in [1.807, 2.05) is 0 Å². The highest BCUT2D eigenvalue weighted by atomic mass is 35.5. The lowest BCUT2D eigenvalue weighted by Crippen LogP contribution is -2.62. The van der Waals surface area contributed by atoms with Gasteiger partial charge in [0.15, 0.2) is 0 Å². The van der Waals surface area contributed by atoms with E-state index >= 15 is 0 Å². The van der Waals surface area contributed by atoms with Crippen molar-refractivity contribution < 1.29 is 48.6 Å². The van der Waals surface area contributed by atoms with Gasteiger partial charge < -0.3 is 0 Å². The van der Waals surface area contributed by atoms with Gasteiger partial charge in [-0.2, -0.15) is 35.1 Å². The van der Waals surface area contributed by atoms with E-state index in [2.05, 4.69) is 32.9 Å². The Kier molecular flexibility index (Phi) is 5.35. The lowest BCUT2D eigenvalue weighted by molar-refractivity contribution is -0.426. The van der Waals surface area contributed by atoms with Crippen molar-refractivity contribution in [1.29, 1.82) is 0 Å². The van der Waals surface area contributed by atoms with Crippen molar-refractivity contribution in [3.63, 3.8) is 0 Å². The maximum atomic E-state index is 13.4. The van der Waals surface area contributed by atoms with Gasteiger partial charge in [0.2, 0.25) is 0 Å². The normalized spacial score (nSPS) is 18.3. The maximum absolute atomic E-state index is 13.4. The van der Waals surface area contributed by atoms with Crippen LogP contribution in [0.3, 0.4) is 0 Å². The summed E-state index contributed by atoms with van der Waals surface area (Å²) >= 11 is 7.86. The van der Waals surface area contributed by atoms with Crippen LogP contribution in [0, 0.1) is 0 Å². The van der Waals surface area contributed by atoms with Crippen LogP contribution in [0.5, 0.6) is 0 Å². The van der Waals surface area contributed by atoms with Crippen molar-refractivity contribution in [2.75, 3.05) is 0 Å². The Bertz CT molecular complexity index is 559. The third-order valence-corrected chi connectivity index (χ3v) is 3.32. The Hall–Kier alpha value is -0.950. The molecule has 3 nitrogen and oxygen atoms in total. The van der Waals surface area contributed by atoms with Crippen LogP contribution in [0.4, 0.5) is 43.9 Å². The first-order valence-corrected chi connectivity index (χ1v) is 6.12. The van der Waals surface area contributed by atoms with Crippen LogP contribution in [0.25, 0.3) is 0 Å². The van der Waals surface area contributed by atoms with Gasteiger partial charge in [-0.1, -0.05) is 11.6 Å². The second-order valence-corrected chi connectivity index (χ2v) is 5.15. The number of rotatable bonds is 7. The molecule has 0 aliphatic carbocycles. The quantitative estimate of drug-likeness (QED) is 0.475. The van der Waals surface area contributed by atoms with E-state index < -0.39 is 39.5 Å². The van der Waals surface area contributed by atoms with Gasteiger partial charge in [-0.15, -0.1) is 0 Å². The molecule has 0 bridgehead atoms. The summed E-state index contributed by atoms with van der Waals surface area (Å²) in [6.07, 6.45) is -9.86. The van der Waals surface area contributed by atoms with Crippen molar-refractivity contribution in [3.8, 4) is 0 Å². The fraction of sp³-hybridized carbons (Fsp3) is 0.667. The monoisotopic (exact) mass is 416 g/mol. The zero-order valence-electron chi connectivity index (χ0n) is 10.6. The summed E-state index contributed by atoms with van der Waals surface area (Å²) < 4.78 is 133. The van der Waals surface area contributed by atoms with Crippen LogP contribution in [0.15, 0.2) is 18.7 Å². The molecule has 0 aliphatic rings. The smallest absolute Gasteiger partial charge is 0.273 e. The van der Waals surface area contributed by atoms with Crippen LogP contribution >= 0.6 is 23.2 Å². The number of hydrogen-bond donors (Lipinski definition) is 0. The number of imidazole rings is 1. The molecule has 0 spiro atoms. The minimum Gasteiger partial charge on any atom is -0.273 e. The molecule has 1 heterocycles. The first-order valence-electron chi connectivity index (χ1n) is 5.37. The minimum absolute atomic E-state index is 0.208. The van der Waals surface area contributed by atoms with Crippen molar-refractivity contribution in [2.24, 2.45) is 0 Å². The summed E-state index contributed by atoms with van der Waals surface area (Å²) in [6, 6.07) is -5.02. The highest BCUT2D eigenvalue weighted by molar-refractivity contribution is 6.33. The average molecular weight is 417 g/mol. The predicted molar refractivity (Wildman–Crippen MR) is 58.8 cm³/mol. The highest BCUT2D eigenvalue weighted by Gasteiger charge is 2.80. The van der Waals surface area contributed by atoms with Crippen molar-refractivity contribution in [3.05, 3.63) is 18.7 Å². The number of hydrogen-bond acceptors (Lipinski definition) is 2. The van der Waals surface area contributed by atoms with Crippen LogP contribution in [0.1, 0.15) is 0 Å². The summed E-state index contributed by atoms with van der Waals surface area (Å²) in [6.45, 7) is 0. The largest absolute Gasteiger partial charge is 0.427 e. The van der Waals surface area contributed by atoms with E-state index in [1.165, 1.54) is 0 Å². The Morgan fingerprint density at radius 2 is 1.46 bits per heavy atom. The van der Waals surface area contributed by atoms with Gasteiger partial charge in [-0.25, -0.2) is 13.8 Å². The van der Waals surface area contributed by atoms with Crippen molar-refractivity contribution in [1.82, 2.24) is 9.55 Å². The van der Waals surface area contributed by atoms with Gasteiger partial charge in [-0.3, -0.25) is 9.30 Å². The number of halogens is 12. The van der Waals surface area contributed by atoms with Crippen LogP contribution in [-0.4, -0.2) is 38.4 Å². The van der Waals surface area contributed by atoms with E-state index in [0.29, 0.717) is 12.4 Å². The molecule has 0 aliphatic heterocycles. The molecule has 0 N–H and O–H groups in total. The number of alkyl halides is 12.